The summed E-state index contributed by atoms with van der Waals surface area (Å²) in [4.78, 5) is 13.4. The molecule has 0 aliphatic rings. The summed E-state index contributed by atoms with van der Waals surface area (Å²) in [5, 5.41) is 0.848. The molecule has 0 saturated carbocycles. The predicted octanol–water partition coefficient (Wildman–Crippen LogP) is 7.27. The van der Waals surface area contributed by atoms with E-state index in [1.807, 2.05) is 92.7 Å². The van der Waals surface area contributed by atoms with Gasteiger partial charge in [-0.1, -0.05) is 42.5 Å². The SMILES string of the molecule is Cc1cc(C)c(C(=O)Pc2ccc(Oc3ccccc3)cc2Oc2ccccc2)c(C)c1C.[Li]. The van der Waals surface area contributed by atoms with Crippen molar-refractivity contribution in [3.8, 4) is 23.0 Å². The van der Waals surface area contributed by atoms with Crippen molar-refractivity contribution in [2.45, 2.75) is 27.7 Å². The van der Waals surface area contributed by atoms with Crippen LogP contribution in [0.3, 0.4) is 0 Å². The summed E-state index contributed by atoms with van der Waals surface area (Å²) in [6.45, 7) is 8.20. The second-order valence-corrected chi connectivity index (χ2v) is 9.32. The van der Waals surface area contributed by atoms with Crippen LogP contribution in [0, 0.1) is 27.7 Å². The molecule has 0 fully saturated rings. The van der Waals surface area contributed by atoms with Gasteiger partial charge < -0.3 is 9.47 Å². The molecule has 1 unspecified atom stereocenters. The second kappa shape index (κ2) is 11.5. The van der Waals surface area contributed by atoms with Gasteiger partial charge in [-0.15, -0.1) is 0 Å². The van der Waals surface area contributed by atoms with Crippen LogP contribution in [0.5, 0.6) is 23.0 Å². The minimum absolute atomic E-state index is 0. The third-order valence-electron chi connectivity index (χ3n) is 5.73. The van der Waals surface area contributed by atoms with Gasteiger partial charge in [0.1, 0.15) is 23.0 Å². The van der Waals surface area contributed by atoms with Crippen LogP contribution >= 0.6 is 8.58 Å². The molecule has 0 saturated heterocycles. The van der Waals surface area contributed by atoms with E-state index in [4.69, 9.17) is 9.47 Å². The molecular weight excluding hydrogens is 434 g/mol. The van der Waals surface area contributed by atoms with Crippen LogP contribution in [0.2, 0.25) is 0 Å². The molecule has 34 heavy (non-hydrogen) atoms. The first-order valence-corrected chi connectivity index (χ1v) is 11.9. The Morgan fingerprint density at radius 3 is 1.85 bits per heavy atom. The van der Waals surface area contributed by atoms with Crippen molar-refractivity contribution in [2.75, 3.05) is 0 Å². The summed E-state index contributed by atoms with van der Waals surface area (Å²) >= 11 is 0. The Morgan fingerprint density at radius 1 is 0.647 bits per heavy atom. The van der Waals surface area contributed by atoms with Crippen molar-refractivity contribution in [3.63, 3.8) is 0 Å². The van der Waals surface area contributed by atoms with Gasteiger partial charge in [0.2, 0.25) is 0 Å². The zero-order chi connectivity index (χ0) is 23.4. The quantitative estimate of drug-likeness (QED) is 0.215. The van der Waals surface area contributed by atoms with Crippen LogP contribution in [-0.2, 0) is 0 Å². The molecule has 3 nitrogen and oxygen atoms in total. The van der Waals surface area contributed by atoms with Crippen LogP contribution in [0.25, 0.3) is 0 Å². The van der Waals surface area contributed by atoms with Gasteiger partial charge in [0.25, 0.3) is 0 Å². The number of hydrogen-bond acceptors (Lipinski definition) is 3. The molecule has 167 valence electrons. The molecule has 0 spiro atoms. The molecular formula is C29H27LiO3P. The van der Waals surface area contributed by atoms with Crippen LogP contribution in [0.4, 0.5) is 0 Å². The van der Waals surface area contributed by atoms with Gasteiger partial charge in [-0.25, -0.2) is 0 Å². The molecule has 0 aromatic heterocycles. The predicted molar refractivity (Wildman–Crippen MR) is 143 cm³/mol. The van der Waals surface area contributed by atoms with Gasteiger partial charge in [-0.05, 0) is 94.9 Å². The molecule has 4 aromatic rings. The Kier molecular flexibility index (Phi) is 8.76. The minimum Gasteiger partial charge on any atom is -0.457 e. The second-order valence-electron chi connectivity index (χ2n) is 8.08. The molecule has 4 aromatic carbocycles. The van der Waals surface area contributed by atoms with E-state index in [1.165, 1.54) is 11.1 Å². The summed E-state index contributed by atoms with van der Waals surface area (Å²) in [5.41, 5.74) is 5.37. The number of para-hydroxylation sites is 2. The molecule has 0 N–H and O–H groups in total. The fourth-order valence-corrected chi connectivity index (χ4v) is 4.98. The first-order chi connectivity index (χ1) is 15.9. The fraction of sp³-hybridized carbons (Fsp3) is 0.138. The molecule has 0 heterocycles. The molecule has 1 radical (unpaired) electrons. The molecule has 0 bridgehead atoms. The summed E-state index contributed by atoms with van der Waals surface area (Å²) in [5.74, 6) is 2.74. The van der Waals surface area contributed by atoms with E-state index in [0.29, 0.717) is 17.2 Å². The Morgan fingerprint density at radius 2 is 1.24 bits per heavy atom. The maximum absolute atomic E-state index is 13.4. The Balaban J connectivity index is 0.00000324. The maximum atomic E-state index is 13.4. The molecule has 4 rings (SSSR count). The number of aryl methyl sites for hydroxylation is 2. The number of hydrogen-bond donors (Lipinski definition) is 0. The Labute approximate surface area is 215 Å². The smallest absolute Gasteiger partial charge is 0.186 e. The molecule has 0 aliphatic heterocycles. The third kappa shape index (κ3) is 5.99. The Bertz CT molecular complexity index is 1290. The Hall–Kier alpha value is -2.82. The van der Waals surface area contributed by atoms with Gasteiger partial charge in [-0.3, -0.25) is 4.79 Å². The number of ether oxygens (including phenoxy) is 2. The van der Waals surface area contributed by atoms with E-state index >= 15 is 0 Å². The van der Waals surface area contributed by atoms with Crippen molar-refractivity contribution in [3.05, 3.63) is 113 Å². The normalized spacial score (nSPS) is 10.7. The fourth-order valence-electron chi connectivity index (χ4n) is 3.81. The molecule has 5 heteroatoms. The van der Waals surface area contributed by atoms with E-state index in [0.717, 1.165) is 27.7 Å². The first kappa shape index (κ1) is 25.8. The summed E-state index contributed by atoms with van der Waals surface area (Å²) < 4.78 is 12.2. The van der Waals surface area contributed by atoms with Gasteiger partial charge in [0.05, 0.1) is 0 Å². The van der Waals surface area contributed by atoms with Crippen LogP contribution < -0.4 is 14.8 Å². The number of carbonyl (C=O) groups is 1. The number of benzene rings is 4. The van der Waals surface area contributed by atoms with Crippen LogP contribution in [0.15, 0.2) is 84.9 Å². The average Bonchev–Trinajstić information content (AvgIpc) is 2.81. The van der Waals surface area contributed by atoms with Crippen molar-refractivity contribution < 1.29 is 14.3 Å². The van der Waals surface area contributed by atoms with E-state index in [2.05, 4.69) is 19.9 Å². The van der Waals surface area contributed by atoms with Crippen molar-refractivity contribution in [1.82, 2.24) is 0 Å². The van der Waals surface area contributed by atoms with Gasteiger partial charge in [0, 0.05) is 35.8 Å². The van der Waals surface area contributed by atoms with E-state index in [-0.39, 0.29) is 33.0 Å². The first-order valence-electron chi connectivity index (χ1n) is 10.9. The molecule has 1 atom stereocenters. The van der Waals surface area contributed by atoms with Crippen molar-refractivity contribution in [2.24, 2.45) is 0 Å². The van der Waals surface area contributed by atoms with Crippen LogP contribution in [0.1, 0.15) is 32.6 Å². The zero-order valence-electron chi connectivity index (χ0n) is 20.3. The minimum atomic E-state index is -0.0630. The average molecular weight is 461 g/mol. The van der Waals surface area contributed by atoms with Gasteiger partial charge in [-0.2, -0.15) is 0 Å². The summed E-state index contributed by atoms with van der Waals surface area (Å²) in [7, 11) is -0.0630. The monoisotopic (exact) mass is 461 g/mol. The third-order valence-corrected chi connectivity index (χ3v) is 6.89. The number of carbonyl (C=O) groups excluding carboxylic acids is 1. The van der Waals surface area contributed by atoms with Crippen molar-refractivity contribution >= 4 is 38.3 Å². The molecule has 0 aliphatic carbocycles. The largest absolute Gasteiger partial charge is 0.457 e. The zero-order valence-corrected chi connectivity index (χ0v) is 21.3. The maximum Gasteiger partial charge on any atom is 0.186 e. The van der Waals surface area contributed by atoms with Crippen LogP contribution in [-0.4, -0.2) is 24.4 Å². The standard InChI is InChI=1S/C29H27O3P.Li/c1-19-17-20(2)28(22(4)21(19)3)29(30)33-27-16-15-25(31-23-11-7-5-8-12-23)18-26(27)32-24-13-9-6-10-14-24;/h5-18,33H,1-4H3;. The van der Waals surface area contributed by atoms with E-state index in [9.17, 15) is 4.79 Å². The molecule has 0 amide bonds. The topological polar surface area (TPSA) is 35.5 Å². The van der Waals surface area contributed by atoms with E-state index in [1.54, 1.807) is 0 Å². The summed E-state index contributed by atoms with van der Waals surface area (Å²) in [6, 6.07) is 27.0. The van der Waals surface area contributed by atoms with E-state index < -0.39 is 0 Å². The summed E-state index contributed by atoms with van der Waals surface area (Å²) in [6.07, 6.45) is 0. The van der Waals surface area contributed by atoms with Gasteiger partial charge in [0.15, 0.2) is 5.52 Å². The van der Waals surface area contributed by atoms with Gasteiger partial charge >= 0.3 is 0 Å². The van der Waals surface area contributed by atoms with Crippen molar-refractivity contribution in [1.29, 1.82) is 0 Å². The number of rotatable bonds is 7.